The van der Waals surface area contributed by atoms with Gasteiger partial charge in [-0.05, 0) is 12.8 Å². The van der Waals surface area contributed by atoms with Crippen LogP contribution in [0.3, 0.4) is 0 Å². The number of ether oxygens (including phenoxy) is 1. The predicted molar refractivity (Wildman–Crippen MR) is 52.0 cm³/mol. The van der Waals surface area contributed by atoms with E-state index in [1.165, 1.54) is 25.9 Å². The molecule has 4 atom stereocenters. The second kappa shape index (κ2) is 3.11. The molecule has 3 saturated heterocycles. The van der Waals surface area contributed by atoms with Crippen molar-refractivity contribution in [3.8, 4) is 0 Å². The Labute approximate surface area is 84.2 Å². The number of hydrogen-bond donors (Lipinski definition) is 0. The highest BCUT2D eigenvalue weighted by Crippen LogP contribution is 2.46. The van der Waals surface area contributed by atoms with Gasteiger partial charge < -0.3 is 9.64 Å². The van der Waals surface area contributed by atoms with E-state index >= 15 is 0 Å². The van der Waals surface area contributed by atoms with Crippen molar-refractivity contribution in [2.75, 3.05) is 25.5 Å². The van der Waals surface area contributed by atoms with Gasteiger partial charge in [-0.1, -0.05) is 0 Å². The molecule has 0 amide bonds. The Morgan fingerprint density at radius 3 is 2.31 bits per heavy atom. The summed E-state index contributed by atoms with van der Waals surface area (Å²) in [6.45, 7) is 3.53. The lowest BCUT2D eigenvalue weighted by Crippen LogP contribution is -2.26. The van der Waals surface area contributed by atoms with Crippen molar-refractivity contribution < 1.29 is 4.74 Å². The van der Waals surface area contributed by atoms with Crippen LogP contribution < -0.4 is 0 Å². The molecule has 0 aliphatic carbocycles. The van der Waals surface area contributed by atoms with E-state index < -0.39 is 0 Å². The summed E-state index contributed by atoms with van der Waals surface area (Å²) >= 11 is 5.75. The van der Waals surface area contributed by atoms with Gasteiger partial charge in [0, 0.05) is 37.4 Å². The van der Waals surface area contributed by atoms with E-state index in [0.29, 0.717) is 12.2 Å². The molecular weight excluding hydrogens is 186 g/mol. The van der Waals surface area contributed by atoms with E-state index in [1.807, 2.05) is 0 Å². The minimum Gasteiger partial charge on any atom is -0.374 e. The first-order valence-electron chi connectivity index (χ1n) is 5.32. The molecule has 0 saturated carbocycles. The smallest absolute Gasteiger partial charge is 0.0624 e. The molecule has 2 bridgehead atoms. The molecule has 13 heavy (non-hydrogen) atoms. The van der Waals surface area contributed by atoms with Crippen molar-refractivity contribution in [3.05, 3.63) is 0 Å². The summed E-state index contributed by atoms with van der Waals surface area (Å²) in [5.74, 6) is 2.44. The maximum atomic E-state index is 5.91. The van der Waals surface area contributed by atoms with Gasteiger partial charge in [0.25, 0.3) is 0 Å². The highest BCUT2D eigenvalue weighted by molar-refractivity contribution is 6.18. The van der Waals surface area contributed by atoms with E-state index in [1.54, 1.807) is 0 Å². The Hall–Kier alpha value is 0.210. The van der Waals surface area contributed by atoms with E-state index in [0.717, 1.165) is 24.3 Å². The van der Waals surface area contributed by atoms with Gasteiger partial charge in [-0.3, -0.25) is 0 Å². The summed E-state index contributed by atoms with van der Waals surface area (Å²) in [5.41, 5.74) is 0. The molecule has 0 spiro atoms. The van der Waals surface area contributed by atoms with Crippen molar-refractivity contribution in [1.82, 2.24) is 4.90 Å². The molecule has 0 aromatic carbocycles. The van der Waals surface area contributed by atoms with Gasteiger partial charge in [0.2, 0.25) is 0 Å². The Kier molecular flexibility index (Phi) is 2.04. The summed E-state index contributed by atoms with van der Waals surface area (Å²) in [7, 11) is 0. The minimum absolute atomic E-state index is 0.593. The zero-order chi connectivity index (χ0) is 8.84. The molecule has 0 unspecified atom stereocenters. The highest BCUT2D eigenvalue weighted by Gasteiger charge is 2.52. The average molecular weight is 202 g/mol. The van der Waals surface area contributed by atoms with Crippen LogP contribution in [0, 0.1) is 11.8 Å². The second-order valence-electron chi connectivity index (χ2n) is 4.57. The fourth-order valence-corrected chi connectivity index (χ4v) is 3.59. The van der Waals surface area contributed by atoms with Crippen LogP contribution in [0.4, 0.5) is 0 Å². The third-order valence-corrected chi connectivity index (χ3v) is 4.10. The topological polar surface area (TPSA) is 12.5 Å². The van der Waals surface area contributed by atoms with Gasteiger partial charge in [-0.25, -0.2) is 0 Å². The normalized spacial score (nSPS) is 48.7. The number of hydrogen-bond acceptors (Lipinski definition) is 2. The van der Waals surface area contributed by atoms with Gasteiger partial charge in [0.05, 0.1) is 12.2 Å². The molecule has 3 heteroatoms. The zero-order valence-corrected chi connectivity index (χ0v) is 8.54. The molecule has 0 aromatic rings. The molecule has 0 radical (unpaired) electrons. The molecule has 0 aromatic heterocycles. The summed E-state index contributed by atoms with van der Waals surface area (Å²) in [5, 5.41) is 0. The molecule has 3 rings (SSSR count). The van der Waals surface area contributed by atoms with Crippen molar-refractivity contribution in [1.29, 1.82) is 0 Å². The van der Waals surface area contributed by atoms with Crippen LogP contribution in [0.15, 0.2) is 0 Å². The zero-order valence-electron chi connectivity index (χ0n) is 7.79. The summed E-state index contributed by atoms with van der Waals surface area (Å²) < 4.78 is 5.91. The van der Waals surface area contributed by atoms with Gasteiger partial charge in [-0.15, -0.1) is 11.6 Å². The number of halogens is 1. The van der Waals surface area contributed by atoms with Crippen molar-refractivity contribution >= 4 is 11.6 Å². The van der Waals surface area contributed by atoms with Crippen LogP contribution in [0.25, 0.3) is 0 Å². The molecule has 2 nitrogen and oxygen atoms in total. The molecule has 3 heterocycles. The molecule has 3 aliphatic rings. The summed E-state index contributed by atoms with van der Waals surface area (Å²) in [6.07, 6.45) is 3.80. The van der Waals surface area contributed by atoms with Crippen LogP contribution in [0.5, 0.6) is 0 Å². The first-order valence-corrected chi connectivity index (χ1v) is 5.85. The van der Waals surface area contributed by atoms with Gasteiger partial charge in [0.15, 0.2) is 0 Å². The van der Waals surface area contributed by atoms with E-state index in [2.05, 4.69) is 4.90 Å². The third-order valence-electron chi connectivity index (χ3n) is 3.93. The SMILES string of the molecule is ClCCN1C[C@H]2[C@H](C1)[C@H]1CC[C@H]2O1. The van der Waals surface area contributed by atoms with Crippen molar-refractivity contribution in [2.24, 2.45) is 11.8 Å². The van der Waals surface area contributed by atoms with Crippen LogP contribution in [-0.2, 0) is 4.74 Å². The van der Waals surface area contributed by atoms with Gasteiger partial charge in [-0.2, -0.15) is 0 Å². The van der Waals surface area contributed by atoms with Gasteiger partial charge >= 0.3 is 0 Å². The predicted octanol–water partition coefficient (Wildman–Crippen LogP) is 1.33. The minimum atomic E-state index is 0.593. The summed E-state index contributed by atoms with van der Waals surface area (Å²) in [4.78, 5) is 2.51. The van der Waals surface area contributed by atoms with E-state index in [4.69, 9.17) is 16.3 Å². The Balaban J connectivity index is 1.69. The highest BCUT2D eigenvalue weighted by atomic mass is 35.5. The van der Waals surface area contributed by atoms with Crippen molar-refractivity contribution in [3.63, 3.8) is 0 Å². The number of rotatable bonds is 2. The van der Waals surface area contributed by atoms with Crippen LogP contribution in [0.1, 0.15) is 12.8 Å². The first-order chi connectivity index (χ1) is 6.38. The maximum Gasteiger partial charge on any atom is 0.0624 e. The Morgan fingerprint density at radius 2 is 1.77 bits per heavy atom. The molecular formula is C10H16ClNO. The fraction of sp³-hybridized carbons (Fsp3) is 1.00. The monoisotopic (exact) mass is 201 g/mol. The molecule has 3 fully saturated rings. The summed E-state index contributed by atoms with van der Waals surface area (Å²) in [6, 6.07) is 0. The lowest BCUT2D eigenvalue weighted by Gasteiger charge is -2.18. The largest absolute Gasteiger partial charge is 0.374 e. The lowest BCUT2D eigenvalue weighted by molar-refractivity contribution is 0.0714. The van der Waals surface area contributed by atoms with Gasteiger partial charge in [0.1, 0.15) is 0 Å². The Bertz CT molecular complexity index is 193. The maximum absolute atomic E-state index is 5.91. The molecule has 74 valence electrons. The van der Waals surface area contributed by atoms with Crippen LogP contribution in [-0.4, -0.2) is 42.6 Å². The van der Waals surface area contributed by atoms with Crippen molar-refractivity contribution in [2.45, 2.75) is 25.0 Å². The van der Waals surface area contributed by atoms with E-state index in [9.17, 15) is 0 Å². The Morgan fingerprint density at radius 1 is 1.15 bits per heavy atom. The number of alkyl halides is 1. The fourth-order valence-electron chi connectivity index (χ4n) is 3.35. The average Bonchev–Trinajstić information content (AvgIpc) is 2.72. The van der Waals surface area contributed by atoms with E-state index in [-0.39, 0.29) is 0 Å². The number of fused-ring (bicyclic) bond motifs is 5. The third kappa shape index (κ3) is 1.23. The molecule has 3 aliphatic heterocycles. The lowest BCUT2D eigenvalue weighted by atomic mass is 9.82. The standard InChI is InChI=1S/C10H16ClNO/c11-3-4-12-5-7-8(6-12)10-2-1-9(7)13-10/h7-10H,1-6H2/t7-,8-,9+,10+/m0/s1. The van der Waals surface area contributed by atoms with Crippen LogP contribution >= 0.6 is 11.6 Å². The molecule has 0 N–H and O–H groups in total. The quantitative estimate of drug-likeness (QED) is 0.626. The number of likely N-dealkylation sites (tertiary alicyclic amines) is 1. The number of nitrogens with zero attached hydrogens (tertiary/aromatic N) is 1. The van der Waals surface area contributed by atoms with Crippen LogP contribution in [0.2, 0.25) is 0 Å². The first kappa shape index (κ1) is 8.51. The second-order valence-corrected chi connectivity index (χ2v) is 4.94.